The smallest absolute Gasteiger partial charge is 0.331 e. The molecule has 20 heavy (non-hydrogen) atoms. The summed E-state index contributed by atoms with van der Waals surface area (Å²) in [7, 11) is 0. The minimum Gasteiger partial charge on any atom is -0.331 e. The lowest BCUT2D eigenvalue weighted by Gasteiger charge is -2.07. The second kappa shape index (κ2) is 4.62. The minimum atomic E-state index is -4.32. The maximum absolute atomic E-state index is 12.7. The van der Waals surface area contributed by atoms with E-state index in [1.54, 1.807) is 0 Å². The summed E-state index contributed by atoms with van der Waals surface area (Å²) in [5.74, 6) is 0.605. The fraction of sp³-hybridized carbons (Fsp3) is 0.500. The lowest BCUT2D eigenvalue weighted by atomic mass is 10.2. The van der Waals surface area contributed by atoms with Crippen molar-refractivity contribution >= 4 is 23.3 Å². The summed E-state index contributed by atoms with van der Waals surface area (Å²) in [6.45, 7) is 2.14. The fourth-order valence-electron chi connectivity index (χ4n) is 2.87. The third-order valence-electron chi connectivity index (χ3n) is 3.92. The Balaban J connectivity index is 2.03. The Hall–Kier alpha value is -1.30. The molecule has 1 N–H and O–H groups in total. The molecule has 2 unspecified atom stereocenters. The van der Waals surface area contributed by atoms with Crippen LogP contribution in [0.25, 0.3) is 11.0 Å². The quantitative estimate of drug-likeness (QED) is 0.784. The third kappa shape index (κ3) is 2.26. The first-order chi connectivity index (χ1) is 9.41. The van der Waals surface area contributed by atoms with Gasteiger partial charge in [0.05, 0.1) is 16.6 Å². The highest BCUT2D eigenvalue weighted by Gasteiger charge is 2.39. The SMILES string of the molecule is CCCC1CC1n1c(=S)[nH]c2cc(C(F)(F)F)ccc21. The van der Waals surface area contributed by atoms with Gasteiger partial charge in [-0.3, -0.25) is 0 Å². The number of benzene rings is 1. The molecule has 1 aromatic carbocycles. The van der Waals surface area contributed by atoms with Crippen LogP contribution in [0.4, 0.5) is 13.2 Å². The van der Waals surface area contributed by atoms with Gasteiger partial charge in [-0.1, -0.05) is 13.3 Å². The van der Waals surface area contributed by atoms with Crippen LogP contribution in [0.5, 0.6) is 0 Å². The van der Waals surface area contributed by atoms with Gasteiger partial charge in [0.2, 0.25) is 0 Å². The van der Waals surface area contributed by atoms with Gasteiger partial charge < -0.3 is 9.55 Å². The van der Waals surface area contributed by atoms with E-state index in [1.807, 2.05) is 4.57 Å². The summed E-state index contributed by atoms with van der Waals surface area (Å²) < 4.78 is 40.6. The van der Waals surface area contributed by atoms with Gasteiger partial charge in [0.1, 0.15) is 0 Å². The van der Waals surface area contributed by atoms with Crippen LogP contribution in [0.2, 0.25) is 0 Å². The van der Waals surface area contributed by atoms with E-state index in [9.17, 15) is 13.2 Å². The number of hydrogen-bond donors (Lipinski definition) is 1. The van der Waals surface area contributed by atoms with E-state index in [0.29, 0.717) is 22.2 Å². The van der Waals surface area contributed by atoms with E-state index in [-0.39, 0.29) is 0 Å². The summed E-state index contributed by atoms with van der Waals surface area (Å²) in [5, 5.41) is 0. The molecule has 1 heterocycles. The van der Waals surface area contributed by atoms with Crippen LogP contribution in [-0.2, 0) is 6.18 Å². The standard InChI is InChI=1S/C14H15F3N2S/c1-2-3-8-6-12(8)19-11-5-4-9(14(15,16)17)7-10(11)18-13(19)20/h4-5,7-8,12H,2-3,6H2,1H3,(H,18,20). The molecule has 0 spiro atoms. The first-order valence-corrected chi connectivity index (χ1v) is 7.14. The van der Waals surface area contributed by atoms with Crippen molar-refractivity contribution in [2.24, 2.45) is 5.92 Å². The van der Waals surface area contributed by atoms with Crippen LogP contribution in [0.1, 0.15) is 37.8 Å². The van der Waals surface area contributed by atoms with Crippen LogP contribution in [0.15, 0.2) is 18.2 Å². The normalized spacial score (nSPS) is 22.4. The van der Waals surface area contributed by atoms with Crippen molar-refractivity contribution in [3.05, 3.63) is 28.5 Å². The number of imidazole rings is 1. The molecule has 0 bridgehead atoms. The van der Waals surface area contributed by atoms with E-state index in [1.165, 1.54) is 6.07 Å². The zero-order chi connectivity index (χ0) is 14.5. The molecule has 1 aromatic heterocycles. The predicted molar refractivity (Wildman–Crippen MR) is 74.2 cm³/mol. The van der Waals surface area contributed by atoms with E-state index < -0.39 is 11.7 Å². The molecule has 1 saturated carbocycles. The predicted octanol–water partition coefficient (Wildman–Crippen LogP) is 5.08. The number of rotatable bonds is 3. The molecule has 0 radical (unpaired) electrons. The number of nitrogens with zero attached hydrogens (tertiary/aromatic N) is 1. The molecular weight excluding hydrogens is 285 g/mol. The average molecular weight is 300 g/mol. The molecule has 1 aliphatic rings. The van der Waals surface area contributed by atoms with Crippen molar-refractivity contribution in [2.45, 2.75) is 38.4 Å². The number of alkyl halides is 3. The number of hydrogen-bond acceptors (Lipinski definition) is 1. The summed E-state index contributed by atoms with van der Waals surface area (Å²) in [5.41, 5.74) is 0.591. The van der Waals surface area contributed by atoms with E-state index >= 15 is 0 Å². The Morgan fingerprint density at radius 2 is 2.15 bits per heavy atom. The Labute approximate surface area is 119 Å². The Morgan fingerprint density at radius 1 is 1.40 bits per heavy atom. The maximum atomic E-state index is 12.7. The average Bonchev–Trinajstić information content (AvgIpc) is 3.01. The van der Waals surface area contributed by atoms with Gasteiger partial charge in [0.15, 0.2) is 4.77 Å². The van der Waals surface area contributed by atoms with Gasteiger partial charge in [-0.2, -0.15) is 13.2 Å². The summed E-state index contributed by atoms with van der Waals surface area (Å²) in [4.78, 5) is 2.90. The maximum Gasteiger partial charge on any atom is 0.416 e. The Bertz CT molecular complexity index is 698. The second-order valence-corrected chi connectivity index (χ2v) is 5.77. The van der Waals surface area contributed by atoms with Crippen LogP contribution < -0.4 is 0 Å². The zero-order valence-corrected chi connectivity index (χ0v) is 11.8. The molecule has 0 aliphatic heterocycles. The van der Waals surface area contributed by atoms with Crippen LogP contribution in [-0.4, -0.2) is 9.55 Å². The van der Waals surface area contributed by atoms with Crippen molar-refractivity contribution in [1.82, 2.24) is 9.55 Å². The molecule has 2 aromatic rings. The molecule has 1 fully saturated rings. The monoisotopic (exact) mass is 300 g/mol. The fourth-order valence-corrected chi connectivity index (χ4v) is 3.21. The molecule has 0 amide bonds. The van der Waals surface area contributed by atoms with E-state index in [4.69, 9.17) is 12.2 Å². The van der Waals surface area contributed by atoms with Gasteiger partial charge in [0, 0.05) is 6.04 Å². The third-order valence-corrected chi connectivity index (χ3v) is 4.22. The van der Waals surface area contributed by atoms with Crippen molar-refractivity contribution in [3.8, 4) is 0 Å². The van der Waals surface area contributed by atoms with Crippen molar-refractivity contribution in [3.63, 3.8) is 0 Å². The number of H-pyrrole nitrogens is 1. The van der Waals surface area contributed by atoms with Gasteiger partial charge in [-0.15, -0.1) is 0 Å². The molecule has 2 atom stereocenters. The molecule has 1 aliphatic carbocycles. The summed E-state index contributed by atoms with van der Waals surface area (Å²) in [6, 6.07) is 4.12. The van der Waals surface area contributed by atoms with Crippen molar-refractivity contribution in [2.75, 3.05) is 0 Å². The first kappa shape index (κ1) is 13.7. The molecule has 2 nitrogen and oxygen atoms in total. The highest BCUT2D eigenvalue weighted by Crippen LogP contribution is 2.48. The number of nitrogens with one attached hydrogen (secondary N) is 1. The van der Waals surface area contributed by atoms with E-state index in [2.05, 4.69) is 11.9 Å². The highest BCUT2D eigenvalue weighted by atomic mass is 32.1. The number of fused-ring (bicyclic) bond motifs is 1. The number of aromatic amines is 1. The largest absolute Gasteiger partial charge is 0.416 e. The number of aromatic nitrogens is 2. The topological polar surface area (TPSA) is 20.7 Å². The summed E-state index contributed by atoms with van der Waals surface area (Å²) in [6.07, 6.45) is -0.999. The second-order valence-electron chi connectivity index (χ2n) is 5.38. The molecule has 0 saturated heterocycles. The number of halogens is 3. The van der Waals surface area contributed by atoms with Gasteiger partial charge in [-0.05, 0) is 49.2 Å². The van der Waals surface area contributed by atoms with Gasteiger partial charge >= 0.3 is 6.18 Å². The molecular formula is C14H15F3N2S. The molecule has 3 rings (SSSR count). The Morgan fingerprint density at radius 3 is 2.80 bits per heavy atom. The van der Waals surface area contributed by atoms with Gasteiger partial charge in [-0.25, -0.2) is 0 Å². The first-order valence-electron chi connectivity index (χ1n) is 6.73. The lowest BCUT2D eigenvalue weighted by Crippen LogP contribution is -2.04. The van der Waals surface area contributed by atoms with Crippen LogP contribution in [0.3, 0.4) is 0 Å². The van der Waals surface area contributed by atoms with Crippen LogP contribution in [0, 0.1) is 10.7 Å². The van der Waals surface area contributed by atoms with E-state index in [0.717, 1.165) is 36.9 Å². The summed E-state index contributed by atoms with van der Waals surface area (Å²) >= 11 is 5.27. The molecule has 6 heteroatoms. The molecule has 108 valence electrons. The Kier molecular flexibility index (Phi) is 3.16. The lowest BCUT2D eigenvalue weighted by molar-refractivity contribution is -0.137. The zero-order valence-electron chi connectivity index (χ0n) is 11.0. The highest BCUT2D eigenvalue weighted by molar-refractivity contribution is 7.71. The minimum absolute atomic E-state index is 0.341. The van der Waals surface area contributed by atoms with Gasteiger partial charge in [0.25, 0.3) is 0 Å². The van der Waals surface area contributed by atoms with Crippen LogP contribution >= 0.6 is 12.2 Å². The van der Waals surface area contributed by atoms with Crippen molar-refractivity contribution < 1.29 is 13.2 Å². The van der Waals surface area contributed by atoms with Crippen molar-refractivity contribution in [1.29, 1.82) is 0 Å².